The Morgan fingerprint density at radius 1 is 1.70 bits per heavy atom. The van der Waals surface area contributed by atoms with E-state index in [4.69, 9.17) is 5.11 Å². The molecule has 5 heteroatoms. The van der Waals surface area contributed by atoms with Crippen LogP contribution in [0.4, 0.5) is 8.78 Å². The van der Waals surface area contributed by atoms with Gasteiger partial charge in [0, 0.05) is 0 Å². The Morgan fingerprint density at radius 2 is 2.30 bits per heavy atom. The number of aliphatic hydroxyl groups is 1. The zero-order valence-corrected chi connectivity index (χ0v) is 4.90. The summed E-state index contributed by atoms with van der Waals surface area (Å²) in [5.41, 5.74) is -0.144. The molecule has 2 N–H and O–H groups in total. The highest BCUT2D eigenvalue weighted by Crippen LogP contribution is 2.27. The van der Waals surface area contributed by atoms with Crippen LogP contribution in [-0.2, 0) is 4.79 Å². The first-order valence-electron chi connectivity index (χ1n) is 2.59. The third-order valence-electron chi connectivity index (χ3n) is 1.17. The molecule has 0 aromatic carbocycles. The van der Waals surface area contributed by atoms with E-state index in [-0.39, 0.29) is 5.70 Å². The summed E-state index contributed by atoms with van der Waals surface area (Å²) in [4.78, 5) is 10.3. The van der Waals surface area contributed by atoms with Gasteiger partial charge in [-0.1, -0.05) is 0 Å². The second-order valence-electron chi connectivity index (χ2n) is 1.99. The fraction of sp³-hybridized carbons (Fsp3) is 0.400. The van der Waals surface area contributed by atoms with E-state index in [2.05, 4.69) is 0 Å². The van der Waals surface area contributed by atoms with Crippen molar-refractivity contribution in [3.05, 3.63) is 12.0 Å². The molecule has 1 aliphatic rings. The summed E-state index contributed by atoms with van der Waals surface area (Å²) in [5, 5.41) is 10.0. The summed E-state index contributed by atoms with van der Waals surface area (Å²) in [5.74, 6) is -4.71. The summed E-state index contributed by atoms with van der Waals surface area (Å²) in [6.45, 7) is 0. The zero-order valence-electron chi connectivity index (χ0n) is 4.90. The Balaban J connectivity index is 2.81. The van der Waals surface area contributed by atoms with E-state index >= 15 is 0 Å². The van der Waals surface area contributed by atoms with Crippen LogP contribution in [0.2, 0.25) is 0 Å². The lowest BCUT2D eigenvalue weighted by molar-refractivity contribution is -0.139. The minimum atomic E-state index is -3.35. The third kappa shape index (κ3) is 0.940. The van der Waals surface area contributed by atoms with Gasteiger partial charge in [0.2, 0.25) is 0 Å². The maximum atomic E-state index is 12.2. The number of carbonyl (C=O) groups is 1. The number of nitrogens with one attached hydrogen (secondary N) is 1. The number of halogens is 2. The minimum absolute atomic E-state index is 0.144. The number of hydrogen-bond acceptors (Lipinski definition) is 2. The number of allylic oxidation sites excluding steroid dienone is 1. The summed E-state index contributed by atoms with van der Waals surface area (Å²) in [6, 6.07) is 0. The molecule has 0 bridgehead atoms. The molecular formula is C5H5F2NO2. The lowest BCUT2D eigenvalue weighted by Crippen LogP contribution is -2.28. The highest BCUT2D eigenvalue weighted by atomic mass is 19.3. The van der Waals surface area contributed by atoms with Gasteiger partial charge in [0.05, 0.1) is 18.4 Å². The van der Waals surface area contributed by atoms with Crippen molar-refractivity contribution < 1.29 is 18.7 Å². The molecule has 0 aromatic rings. The van der Waals surface area contributed by atoms with Crippen LogP contribution in [0.25, 0.3) is 0 Å². The molecule has 0 atom stereocenters. The van der Waals surface area contributed by atoms with Crippen LogP contribution in [0, 0.1) is 0 Å². The van der Waals surface area contributed by atoms with Crippen molar-refractivity contribution in [1.29, 1.82) is 0 Å². The van der Waals surface area contributed by atoms with E-state index in [1.165, 1.54) is 0 Å². The van der Waals surface area contributed by atoms with Gasteiger partial charge in [-0.25, -0.2) is 0 Å². The number of alkyl halides is 2. The fourth-order valence-corrected chi connectivity index (χ4v) is 0.679. The predicted octanol–water partition coefficient (Wildman–Crippen LogP) is 0.541. The average molecular weight is 149 g/mol. The standard InChI is InChI=1S/C5H5F2NO2/c6-5(7)1-3(2-9)8-4(5)10/h2,9H,1H2,(H,8,10)/b3-2+. The summed E-state index contributed by atoms with van der Waals surface area (Å²) in [6.07, 6.45) is -0.263. The van der Waals surface area contributed by atoms with E-state index in [9.17, 15) is 13.6 Å². The topological polar surface area (TPSA) is 49.3 Å². The van der Waals surface area contributed by atoms with Crippen molar-refractivity contribution in [2.45, 2.75) is 12.3 Å². The van der Waals surface area contributed by atoms with Crippen molar-refractivity contribution >= 4 is 5.91 Å². The Bertz CT molecular complexity index is 200. The zero-order chi connectivity index (χ0) is 7.78. The molecule has 0 saturated carbocycles. The van der Waals surface area contributed by atoms with E-state index in [0.717, 1.165) is 0 Å². The average Bonchev–Trinajstić information content (AvgIpc) is 2.08. The van der Waals surface area contributed by atoms with E-state index in [1.807, 2.05) is 5.32 Å². The summed E-state index contributed by atoms with van der Waals surface area (Å²) >= 11 is 0. The fourth-order valence-electron chi connectivity index (χ4n) is 0.679. The molecule has 3 nitrogen and oxygen atoms in total. The van der Waals surface area contributed by atoms with Crippen LogP contribution in [0.1, 0.15) is 6.42 Å². The van der Waals surface area contributed by atoms with Crippen molar-refractivity contribution in [1.82, 2.24) is 5.32 Å². The van der Waals surface area contributed by atoms with Gasteiger partial charge in [-0.3, -0.25) is 4.79 Å². The molecule has 1 heterocycles. The van der Waals surface area contributed by atoms with Crippen molar-refractivity contribution in [2.75, 3.05) is 0 Å². The SMILES string of the molecule is O=C1N/C(=C/O)CC1(F)F. The molecule has 10 heavy (non-hydrogen) atoms. The second kappa shape index (κ2) is 1.93. The van der Waals surface area contributed by atoms with Gasteiger partial charge >= 0.3 is 5.92 Å². The summed E-state index contributed by atoms with van der Waals surface area (Å²) in [7, 11) is 0. The normalized spacial score (nSPS) is 27.0. The van der Waals surface area contributed by atoms with Crippen LogP contribution in [0.3, 0.4) is 0 Å². The number of amides is 1. The first-order valence-corrected chi connectivity index (χ1v) is 2.59. The van der Waals surface area contributed by atoms with Gasteiger partial charge in [-0.2, -0.15) is 8.78 Å². The molecule has 56 valence electrons. The van der Waals surface area contributed by atoms with Crippen molar-refractivity contribution in [3.8, 4) is 0 Å². The van der Waals surface area contributed by atoms with E-state index < -0.39 is 18.3 Å². The van der Waals surface area contributed by atoms with Gasteiger partial charge in [0.1, 0.15) is 0 Å². The maximum Gasteiger partial charge on any atom is 0.330 e. The number of rotatable bonds is 0. The molecule has 0 unspecified atom stereocenters. The highest BCUT2D eigenvalue weighted by molar-refractivity contribution is 5.88. The Labute approximate surface area is 55.3 Å². The molecule has 1 amide bonds. The van der Waals surface area contributed by atoms with Crippen LogP contribution in [0.15, 0.2) is 12.0 Å². The van der Waals surface area contributed by atoms with Gasteiger partial charge in [0.25, 0.3) is 5.91 Å². The second-order valence-corrected chi connectivity index (χ2v) is 1.99. The number of aliphatic hydroxyl groups excluding tert-OH is 1. The van der Waals surface area contributed by atoms with Crippen molar-refractivity contribution in [2.24, 2.45) is 0 Å². The van der Waals surface area contributed by atoms with Crippen LogP contribution in [0.5, 0.6) is 0 Å². The molecular weight excluding hydrogens is 144 g/mol. The molecule has 0 aliphatic carbocycles. The number of carbonyl (C=O) groups excluding carboxylic acids is 1. The number of hydrogen-bond donors (Lipinski definition) is 2. The minimum Gasteiger partial charge on any atom is -0.514 e. The van der Waals surface area contributed by atoms with E-state index in [1.54, 1.807) is 0 Å². The van der Waals surface area contributed by atoms with Crippen LogP contribution in [-0.4, -0.2) is 16.9 Å². The quantitative estimate of drug-likeness (QED) is 0.494. The maximum absolute atomic E-state index is 12.2. The Kier molecular flexibility index (Phi) is 1.35. The van der Waals surface area contributed by atoms with Crippen LogP contribution < -0.4 is 5.32 Å². The lowest BCUT2D eigenvalue weighted by atomic mass is 10.3. The van der Waals surface area contributed by atoms with Crippen LogP contribution >= 0.6 is 0 Å². The molecule has 1 aliphatic heterocycles. The first-order chi connectivity index (χ1) is 4.56. The largest absolute Gasteiger partial charge is 0.514 e. The van der Waals surface area contributed by atoms with Gasteiger partial charge < -0.3 is 10.4 Å². The first kappa shape index (κ1) is 6.98. The Morgan fingerprint density at radius 3 is 2.50 bits per heavy atom. The van der Waals surface area contributed by atoms with Gasteiger partial charge in [-0.15, -0.1) is 0 Å². The predicted molar refractivity (Wildman–Crippen MR) is 28.4 cm³/mol. The smallest absolute Gasteiger partial charge is 0.330 e. The van der Waals surface area contributed by atoms with Crippen molar-refractivity contribution in [3.63, 3.8) is 0 Å². The molecule has 0 aromatic heterocycles. The van der Waals surface area contributed by atoms with E-state index in [0.29, 0.717) is 6.26 Å². The highest BCUT2D eigenvalue weighted by Gasteiger charge is 2.45. The monoisotopic (exact) mass is 149 g/mol. The lowest BCUT2D eigenvalue weighted by Gasteiger charge is -1.99. The molecule has 1 rings (SSSR count). The molecule has 1 saturated heterocycles. The van der Waals surface area contributed by atoms with Gasteiger partial charge in [-0.05, 0) is 0 Å². The third-order valence-corrected chi connectivity index (χ3v) is 1.17. The molecule has 1 fully saturated rings. The molecule has 0 radical (unpaired) electrons. The molecule has 0 spiro atoms. The summed E-state index contributed by atoms with van der Waals surface area (Å²) < 4.78 is 24.4. The Hall–Kier alpha value is -1.13. The van der Waals surface area contributed by atoms with Gasteiger partial charge in [0.15, 0.2) is 0 Å².